The summed E-state index contributed by atoms with van der Waals surface area (Å²) in [6.45, 7) is 4.34. The van der Waals surface area contributed by atoms with E-state index in [1.165, 1.54) is 5.84 Å². The molecule has 0 aromatic carbocycles. The van der Waals surface area contributed by atoms with Gasteiger partial charge in [-0.3, -0.25) is 10.3 Å². The van der Waals surface area contributed by atoms with Crippen molar-refractivity contribution in [2.45, 2.75) is 13.3 Å². The van der Waals surface area contributed by atoms with Crippen molar-refractivity contribution in [1.82, 2.24) is 5.32 Å². The summed E-state index contributed by atoms with van der Waals surface area (Å²) < 4.78 is 0. The summed E-state index contributed by atoms with van der Waals surface area (Å²) in [5.41, 5.74) is 0. The van der Waals surface area contributed by atoms with E-state index in [1.807, 2.05) is 0 Å². The molecule has 0 atom stereocenters. The third-order valence-electron chi connectivity index (χ3n) is 1.16. The zero-order valence-electron chi connectivity index (χ0n) is 4.62. The predicted molar refractivity (Wildman–Crippen MR) is 29.1 cm³/mol. The van der Waals surface area contributed by atoms with E-state index in [0.717, 1.165) is 19.5 Å². The molecule has 2 nitrogen and oxygen atoms in total. The monoisotopic (exact) mass is 99.1 g/mol. The van der Waals surface area contributed by atoms with Crippen LogP contribution in [0.2, 0.25) is 0 Å². The lowest BCUT2D eigenvalue weighted by Crippen LogP contribution is -2.70. The predicted octanol–water partition coefficient (Wildman–Crippen LogP) is -1.52. The van der Waals surface area contributed by atoms with Gasteiger partial charge in [0.2, 0.25) is 5.84 Å². The number of amidine groups is 1. The minimum atomic E-state index is 1.10. The van der Waals surface area contributed by atoms with Crippen LogP contribution in [0, 0.1) is 0 Å². The maximum atomic E-state index is 3.21. The van der Waals surface area contributed by atoms with Crippen molar-refractivity contribution < 1.29 is 4.99 Å². The second kappa shape index (κ2) is 1.96. The zero-order valence-corrected chi connectivity index (χ0v) is 4.62. The minimum absolute atomic E-state index is 1.10. The molecule has 0 saturated carbocycles. The highest BCUT2D eigenvalue weighted by Crippen LogP contribution is 1.71. The van der Waals surface area contributed by atoms with E-state index >= 15 is 0 Å². The number of hydrogen-bond donors (Lipinski definition) is 2. The molecule has 0 fully saturated rings. The topological polar surface area (TPSA) is 26.0 Å². The smallest absolute Gasteiger partial charge is 0.242 e. The summed E-state index contributed by atoms with van der Waals surface area (Å²) in [6, 6.07) is 0. The summed E-state index contributed by atoms with van der Waals surface area (Å²) in [6.07, 6.45) is 1.11. The average molecular weight is 99.2 g/mol. The summed E-state index contributed by atoms with van der Waals surface area (Å²) in [5.74, 6) is 1.29. The number of rotatable bonds is 1. The second-order valence-electron chi connectivity index (χ2n) is 1.69. The summed E-state index contributed by atoms with van der Waals surface area (Å²) in [4.78, 5) is 3.21. The Kier molecular flexibility index (Phi) is 1.29. The van der Waals surface area contributed by atoms with Crippen LogP contribution in [0.1, 0.15) is 13.3 Å². The molecule has 0 saturated heterocycles. The molecule has 0 radical (unpaired) electrons. The largest absolute Gasteiger partial charge is 0.275 e. The van der Waals surface area contributed by atoms with Gasteiger partial charge in [-0.05, 0) is 0 Å². The summed E-state index contributed by atoms with van der Waals surface area (Å²) in [5, 5.41) is 3.21. The van der Waals surface area contributed by atoms with Crippen LogP contribution in [0.15, 0.2) is 0 Å². The Balaban J connectivity index is 2.36. The minimum Gasteiger partial charge on any atom is -0.275 e. The Labute approximate surface area is 43.6 Å². The van der Waals surface area contributed by atoms with Crippen molar-refractivity contribution in [2.24, 2.45) is 0 Å². The molecule has 0 aliphatic carbocycles. The van der Waals surface area contributed by atoms with Crippen molar-refractivity contribution in [3.63, 3.8) is 0 Å². The molecule has 2 heteroatoms. The molecule has 0 amide bonds. The van der Waals surface area contributed by atoms with Crippen molar-refractivity contribution >= 4 is 5.84 Å². The maximum Gasteiger partial charge on any atom is 0.242 e. The second-order valence-corrected chi connectivity index (χ2v) is 1.69. The van der Waals surface area contributed by atoms with Crippen LogP contribution < -0.4 is 10.3 Å². The SMILES string of the molecule is CCC1=[NH+]CCN1. The number of nitrogens with one attached hydrogen (secondary N) is 2. The first-order valence-electron chi connectivity index (χ1n) is 2.77. The standard InChI is InChI=1S/C5H10N2/c1-2-5-6-3-4-7-5/h2-4H2,1H3,(H,6,7)/p+1. The molecule has 1 rings (SSSR count). The van der Waals surface area contributed by atoms with Crippen LogP contribution in [0.4, 0.5) is 0 Å². The first kappa shape index (κ1) is 4.62. The van der Waals surface area contributed by atoms with Gasteiger partial charge in [0.05, 0.1) is 0 Å². The molecule has 7 heavy (non-hydrogen) atoms. The third kappa shape index (κ3) is 0.918. The van der Waals surface area contributed by atoms with E-state index in [4.69, 9.17) is 0 Å². The van der Waals surface area contributed by atoms with E-state index < -0.39 is 0 Å². The molecule has 1 aliphatic rings. The van der Waals surface area contributed by atoms with Crippen LogP contribution in [-0.2, 0) is 0 Å². The summed E-state index contributed by atoms with van der Waals surface area (Å²) in [7, 11) is 0. The van der Waals surface area contributed by atoms with Crippen molar-refractivity contribution in [1.29, 1.82) is 0 Å². The lowest BCUT2D eigenvalue weighted by atomic mass is 10.4. The van der Waals surface area contributed by atoms with E-state index in [0.29, 0.717) is 0 Å². The zero-order chi connectivity index (χ0) is 5.11. The summed E-state index contributed by atoms with van der Waals surface area (Å²) >= 11 is 0. The fourth-order valence-electron chi connectivity index (χ4n) is 0.739. The van der Waals surface area contributed by atoms with Gasteiger partial charge in [0, 0.05) is 6.42 Å². The molecular weight excluding hydrogens is 88.1 g/mol. The van der Waals surface area contributed by atoms with E-state index in [1.54, 1.807) is 0 Å². The van der Waals surface area contributed by atoms with Crippen LogP contribution in [0.5, 0.6) is 0 Å². The van der Waals surface area contributed by atoms with Gasteiger partial charge in [-0.15, -0.1) is 0 Å². The lowest BCUT2D eigenvalue weighted by molar-refractivity contribution is -0.445. The third-order valence-corrected chi connectivity index (χ3v) is 1.16. The van der Waals surface area contributed by atoms with Crippen LogP contribution in [-0.4, -0.2) is 18.9 Å². The van der Waals surface area contributed by atoms with Gasteiger partial charge in [-0.2, -0.15) is 0 Å². The fourth-order valence-corrected chi connectivity index (χ4v) is 0.739. The van der Waals surface area contributed by atoms with Crippen molar-refractivity contribution in [3.05, 3.63) is 0 Å². The normalized spacial score (nSPS) is 18.7. The molecule has 0 aromatic rings. The molecule has 0 unspecified atom stereocenters. The highest BCUT2D eigenvalue weighted by Gasteiger charge is 2.06. The molecule has 0 spiro atoms. The molecule has 1 heterocycles. The maximum absolute atomic E-state index is 3.21. The van der Waals surface area contributed by atoms with Gasteiger partial charge in [0.25, 0.3) is 0 Å². The van der Waals surface area contributed by atoms with Gasteiger partial charge in [0.1, 0.15) is 13.1 Å². The molecule has 40 valence electrons. The average Bonchev–Trinajstić information content (AvgIpc) is 2.14. The first-order valence-corrected chi connectivity index (χ1v) is 2.77. The Morgan fingerprint density at radius 1 is 1.86 bits per heavy atom. The Morgan fingerprint density at radius 2 is 2.71 bits per heavy atom. The fraction of sp³-hybridized carbons (Fsp3) is 0.800. The highest BCUT2D eigenvalue weighted by atomic mass is 15.1. The molecular formula is C5H11N2+. The highest BCUT2D eigenvalue weighted by molar-refractivity contribution is 5.76. The molecule has 0 bridgehead atoms. The number of hydrogen-bond acceptors (Lipinski definition) is 1. The lowest BCUT2D eigenvalue weighted by Gasteiger charge is -1.82. The van der Waals surface area contributed by atoms with Gasteiger partial charge < -0.3 is 0 Å². The van der Waals surface area contributed by atoms with Gasteiger partial charge in [-0.25, -0.2) is 0 Å². The van der Waals surface area contributed by atoms with Crippen LogP contribution in [0.25, 0.3) is 0 Å². The molecule has 1 aliphatic heterocycles. The van der Waals surface area contributed by atoms with Gasteiger partial charge >= 0.3 is 0 Å². The van der Waals surface area contributed by atoms with E-state index in [9.17, 15) is 0 Å². The molecule has 0 aromatic heterocycles. The Morgan fingerprint density at radius 3 is 3.00 bits per heavy atom. The van der Waals surface area contributed by atoms with Crippen molar-refractivity contribution in [3.8, 4) is 0 Å². The van der Waals surface area contributed by atoms with Crippen molar-refractivity contribution in [2.75, 3.05) is 13.1 Å². The van der Waals surface area contributed by atoms with Crippen LogP contribution in [0.3, 0.4) is 0 Å². The Hall–Kier alpha value is -0.530. The van der Waals surface area contributed by atoms with E-state index in [2.05, 4.69) is 17.2 Å². The van der Waals surface area contributed by atoms with Crippen LogP contribution >= 0.6 is 0 Å². The Bertz CT molecular complexity index is 86.1. The quantitative estimate of drug-likeness (QED) is 0.410. The van der Waals surface area contributed by atoms with Gasteiger partial charge in [-0.1, -0.05) is 6.92 Å². The van der Waals surface area contributed by atoms with Gasteiger partial charge in [0.15, 0.2) is 0 Å². The molecule has 2 N–H and O–H groups in total. The van der Waals surface area contributed by atoms with E-state index in [-0.39, 0.29) is 0 Å². The first-order chi connectivity index (χ1) is 3.43.